The SMILES string of the molecule is CN=C(NCc1cc(F)ccc1F)NCC(c1ccc(OC)c(OC)c1)N1CCOCC1.I. The van der Waals surface area contributed by atoms with E-state index in [0.717, 1.165) is 30.8 Å². The Labute approximate surface area is 210 Å². The Hall–Kier alpha value is -2.18. The smallest absolute Gasteiger partial charge is 0.191 e. The minimum Gasteiger partial charge on any atom is -0.493 e. The Kier molecular flexibility index (Phi) is 11.1. The second kappa shape index (κ2) is 13.5. The van der Waals surface area contributed by atoms with E-state index in [9.17, 15) is 8.78 Å². The first-order valence-corrected chi connectivity index (χ1v) is 10.5. The van der Waals surface area contributed by atoms with Crippen LogP contribution in [0.5, 0.6) is 11.5 Å². The van der Waals surface area contributed by atoms with E-state index in [-0.39, 0.29) is 42.1 Å². The molecular formula is C23H31F2IN4O3. The van der Waals surface area contributed by atoms with E-state index in [1.807, 2.05) is 18.2 Å². The van der Waals surface area contributed by atoms with Gasteiger partial charge in [-0.3, -0.25) is 9.89 Å². The molecule has 0 bridgehead atoms. The third-order valence-corrected chi connectivity index (χ3v) is 5.42. The minimum absolute atomic E-state index is 0. The summed E-state index contributed by atoms with van der Waals surface area (Å²) in [4.78, 5) is 6.55. The third kappa shape index (κ3) is 7.41. The molecule has 10 heteroatoms. The van der Waals surface area contributed by atoms with Crippen molar-refractivity contribution in [3.8, 4) is 11.5 Å². The van der Waals surface area contributed by atoms with Crippen LogP contribution in [0.1, 0.15) is 17.2 Å². The van der Waals surface area contributed by atoms with Crippen LogP contribution in [-0.2, 0) is 11.3 Å². The third-order valence-electron chi connectivity index (χ3n) is 5.42. The highest BCUT2D eigenvalue weighted by molar-refractivity contribution is 14.0. The highest BCUT2D eigenvalue weighted by atomic mass is 127. The number of nitrogens with zero attached hydrogens (tertiary/aromatic N) is 2. The number of aliphatic imine (C=N–C) groups is 1. The van der Waals surface area contributed by atoms with Crippen molar-refractivity contribution in [1.82, 2.24) is 15.5 Å². The van der Waals surface area contributed by atoms with E-state index >= 15 is 0 Å². The van der Waals surface area contributed by atoms with Gasteiger partial charge in [0.1, 0.15) is 11.6 Å². The van der Waals surface area contributed by atoms with E-state index in [0.29, 0.717) is 37.2 Å². The molecule has 0 saturated carbocycles. The Morgan fingerprint density at radius 1 is 1.06 bits per heavy atom. The van der Waals surface area contributed by atoms with Crippen LogP contribution >= 0.6 is 24.0 Å². The molecule has 1 heterocycles. The number of morpholine rings is 1. The van der Waals surface area contributed by atoms with Gasteiger partial charge in [0.25, 0.3) is 0 Å². The molecule has 7 nitrogen and oxygen atoms in total. The van der Waals surface area contributed by atoms with Crippen LogP contribution in [0.4, 0.5) is 8.78 Å². The molecule has 0 amide bonds. The summed E-state index contributed by atoms with van der Waals surface area (Å²) < 4.78 is 43.7. The summed E-state index contributed by atoms with van der Waals surface area (Å²) in [6.07, 6.45) is 0. The van der Waals surface area contributed by atoms with Gasteiger partial charge in [0.05, 0.1) is 33.5 Å². The second-order valence-electron chi connectivity index (χ2n) is 7.32. The predicted octanol–water partition coefficient (Wildman–Crippen LogP) is 3.34. The summed E-state index contributed by atoms with van der Waals surface area (Å²) >= 11 is 0. The van der Waals surface area contributed by atoms with Gasteiger partial charge in [-0.1, -0.05) is 6.07 Å². The average molecular weight is 576 g/mol. The Morgan fingerprint density at radius 2 is 1.79 bits per heavy atom. The zero-order valence-corrected chi connectivity index (χ0v) is 21.4. The highest BCUT2D eigenvalue weighted by Crippen LogP contribution is 2.32. The summed E-state index contributed by atoms with van der Waals surface area (Å²) in [5.41, 5.74) is 1.29. The molecule has 2 aromatic rings. The van der Waals surface area contributed by atoms with Gasteiger partial charge in [0.15, 0.2) is 17.5 Å². The molecule has 1 aliphatic rings. The first-order chi connectivity index (χ1) is 15.5. The number of halogens is 3. The van der Waals surface area contributed by atoms with Crippen molar-refractivity contribution >= 4 is 29.9 Å². The molecule has 2 N–H and O–H groups in total. The van der Waals surface area contributed by atoms with Crippen LogP contribution in [0.2, 0.25) is 0 Å². The van der Waals surface area contributed by atoms with Gasteiger partial charge in [0, 0.05) is 38.8 Å². The molecule has 1 saturated heterocycles. The first kappa shape index (κ1) is 27.1. The first-order valence-electron chi connectivity index (χ1n) is 10.5. The maximum Gasteiger partial charge on any atom is 0.191 e. The van der Waals surface area contributed by atoms with Crippen molar-refractivity contribution in [3.05, 3.63) is 59.2 Å². The summed E-state index contributed by atoms with van der Waals surface area (Å²) in [6, 6.07) is 9.29. The molecule has 0 spiro atoms. The van der Waals surface area contributed by atoms with Crippen molar-refractivity contribution < 1.29 is 23.0 Å². The lowest BCUT2D eigenvalue weighted by molar-refractivity contribution is 0.0169. The van der Waals surface area contributed by atoms with Crippen molar-refractivity contribution in [2.75, 3.05) is 54.1 Å². The van der Waals surface area contributed by atoms with Gasteiger partial charge in [-0.05, 0) is 35.9 Å². The van der Waals surface area contributed by atoms with Gasteiger partial charge in [-0.15, -0.1) is 24.0 Å². The summed E-state index contributed by atoms with van der Waals surface area (Å²) in [5.74, 6) is 0.872. The van der Waals surface area contributed by atoms with E-state index in [1.54, 1.807) is 21.3 Å². The highest BCUT2D eigenvalue weighted by Gasteiger charge is 2.24. The fraction of sp³-hybridized carbons (Fsp3) is 0.435. The quantitative estimate of drug-likeness (QED) is 0.286. The standard InChI is InChI=1S/C23H30F2N4O3.HI/c1-26-23(27-14-17-12-18(24)5-6-19(17)25)28-15-20(29-8-10-32-11-9-29)16-4-7-21(30-2)22(13-16)31-3;/h4-7,12-13,20H,8-11,14-15H2,1-3H3,(H2,26,27,28);1H. The fourth-order valence-corrected chi connectivity index (χ4v) is 3.68. The lowest BCUT2D eigenvalue weighted by Gasteiger charge is -2.35. The van der Waals surface area contributed by atoms with Gasteiger partial charge in [-0.25, -0.2) is 8.78 Å². The van der Waals surface area contributed by atoms with Crippen molar-refractivity contribution in [1.29, 1.82) is 0 Å². The molecule has 0 aliphatic carbocycles. The Bertz CT molecular complexity index is 927. The van der Waals surface area contributed by atoms with Crippen LogP contribution < -0.4 is 20.1 Å². The van der Waals surface area contributed by atoms with Gasteiger partial charge >= 0.3 is 0 Å². The van der Waals surface area contributed by atoms with Gasteiger partial charge < -0.3 is 24.8 Å². The van der Waals surface area contributed by atoms with Crippen molar-refractivity contribution in [2.45, 2.75) is 12.6 Å². The van der Waals surface area contributed by atoms with Crippen molar-refractivity contribution in [3.63, 3.8) is 0 Å². The predicted molar refractivity (Wildman–Crippen MR) is 135 cm³/mol. The largest absolute Gasteiger partial charge is 0.493 e. The summed E-state index contributed by atoms with van der Waals surface area (Å²) in [5, 5.41) is 6.35. The topological polar surface area (TPSA) is 67.4 Å². The molecule has 182 valence electrons. The number of hydrogen-bond acceptors (Lipinski definition) is 5. The fourth-order valence-electron chi connectivity index (χ4n) is 3.68. The zero-order chi connectivity index (χ0) is 22.9. The number of nitrogens with one attached hydrogen (secondary N) is 2. The lowest BCUT2D eigenvalue weighted by Crippen LogP contribution is -2.46. The second-order valence-corrected chi connectivity index (χ2v) is 7.32. The monoisotopic (exact) mass is 576 g/mol. The lowest BCUT2D eigenvalue weighted by atomic mass is 10.0. The van der Waals surface area contributed by atoms with E-state index in [2.05, 4.69) is 20.5 Å². The average Bonchev–Trinajstić information content (AvgIpc) is 2.83. The molecule has 1 fully saturated rings. The zero-order valence-electron chi connectivity index (χ0n) is 19.1. The van der Waals surface area contributed by atoms with E-state index < -0.39 is 11.6 Å². The molecule has 1 aliphatic heterocycles. The molecule has 0 aromatic heterocycles. The molecular weight excluding hydrogens is 545 g/mol. The normalized spacial score (nSPS) is 15.4. The molecule has 0 radical (unpaired) electrons. The van der Waals surface area contributed by atoms with Crippen LogP contribution in [0.3, 0.4) is 0 Å². The summed E-state index contributed by atoms with van der Waals surface area (Å²) in [6.45, 7) is 3.57. The van der Waals surface area contributed by atoms with Gasteiger partial charge in [-0.2, -0.15) is 0 Å². The summed E-state index contributed by atoms with van der Waals surface area (Å²) in [7, 11) is 4.86. The van der Waals surface area contributed by atoms with Crippen LogP contribution in [0, 0.1) is 11.6 Å². The number of methoxy groups -OCH3 is 2. The molecule has 1 unspecified atom stereocenters. The van der Waals surface area contributed by atoms with Crippen LogP contribution in [0.25, 0.3) is 0 Å². The number of guanidine groups is 1. The molecule has 2 aromatic carbocycles. The van der Waals surface area contributed by atoms with Crippen molar-refractivity contribution in [2.24, 2.45) is 4.99 Å². The maximum absolute atomic E-state index is 13.9. The molecule has 3 rings (SSSR count). The van der Waals surface area contributed by atoms with E-state index in [1.165, 1.54) is 6.07 Å². The van der Waals surface area contributed by atoms with Crippen LogP contribution in [-0.4, -0.2) is 65.0 Å². The van der Waals surface area contributed by atoms with E-state index in [4.69, 9.17) is 14.2 Å². The number of benzene rings is 2. The molecule has 1 atom stereocenters. The van der Waals surface area contributed by atoms with Gasteiger partial charge in [0.2, 0.25) is 0 Å². The number of ether oxygens (including phenoxy) is 3. The molecule has 33 heavy (non-hydrogen) atoms. The minimum atomic E-state index is -0.480. The van der Waals surface area contributed by atoms with Crippen LogP contribution in [0.15, 0.2) is 41.4 Å². The number of rotatable bonds is 8. The maximum atomic E-state index is 13.9. The Morgan fingerprint density at radius 3 is 2.45 bits per heavy atom. The number of hydrogen-bond donors (Lipinski definition) is 2. The Balaban J connectivity index is 0.00000385.